The molecule has 23 heavy (non-hydrogen) atoms. The molecule has 0 bridgehead atoms. The summed E-state index contributed by atoms with van der Waals surface area (Å²) < 4.78 is 1.64. The molecule has 1 saturated carbocycles. The van der Waals surface area contributed by atoms with Crippen LogP contribution in [0.15, 0.2) is 18.2 Å². The van der Waals surface area contributed by atoms with E-state index in [2.05, 4.69) is 20.8 Å². The molecule has 0 aliphatic heterocycles. The third-order valence-electron chi connectivity index (χ3n) is 4.08. The predicted octanol–water partition coefficient (Wildman–Crippen LogP) is 2.11. The van der Waals surface area contributed by atoms with E-state index in [9.17, 15) is 4.79 Å². The van der Waals surface area contributed by atoms with Crippen molar-refractivity contribution in [1.82, 2.24) is 20.2 Å². The Balaban J connectivity index is 1.87. The SMILES string of the molecule is CC(N)C(C)C(=O)Nc1ccc(Cl)c(-n2nnnc2C2CC2)c1. The van der Waals surface area contributed by atoms with Crippen LogP contribution >= 0.6 is 11.6 Å². The summed E-state index contributed by atoms with van der Waals surface area (Å²) in [4.78, 5) is 12.2. The molecule has 1 aromatic heterocycles. The zero-order valence-corrected chi connectivity index (χ0v) is 13.8. The van der Waals surface area contributed by atoms with Gasteiger partial charge in [-0.15, -0.1) is 5.10 Å². The standard InChI is InChI=1S/C15H19ClN6O/c1-8(9(2)17)15(23)18-11-5-6-12(16)13(7-11)22-14(10-3-4-10)19-20-21-22/h5-10H,3-4,17H2,1-2H3,(H,18,23). The third kappa shape index (κ3) is 3.35. The summed E-state index contributed by atoms with van der Waals surface area (Å²) in [7, 11) is 0. The van der Waals surface area contributed by atoms with Crippen molar-refractivity contribution in [2.75, 3.05) is 5.32 Å². The molecule has 1 fully saturated rings. The summed E-state index contributed by atoms with van der Waals surface area (Å²) in [5.74, 6) is 0.772. The first-order valence-corrected chi connectivity index (χ1v) is 8.00. The van der Waals surface area contributed by atoms with Crippen molar-refractivity contribution in [2.24, 2.45) is 11.7 Å². The Hall–Kier alpha value is -1.99. The van der Waals surface area contributed by atoms with Crippen LogP contribution in [0.1, 0.15) is 38.4 Å². The summed E-state index contributed by atoms with van der Waals surface area (Å²) in [6.45, 7) is 3.60. The maximum Gasteiger partial charge on any atom is 0.228 e. The molecule has 0 radical (unpaired) electrons. The zero-order chi connectivity index (χ0) is 16.6. The number of rotatable bonds is 5. The third-order valence-corrected chi connectivity index (χ3v) is 4.40. The van der Waals surface area contributed by atoms with E-state index in [1.54, 1.807) is 36.7 Å². The zero-order valence-electron chi connectivity index (χ0n) is 13.0. The van der Waals surface area contributed by atoms with Crippen LogP contribution in [0.4, 0.5) is 5.69 Å². The average Bonchev–Trinajstić information content (AvgIpc) is 3.25. The molecule has 1 heterocycles. The minimum absolute atomic E-state index is 0.132. The van der Waals surface area contributed by atoms with Crippen LogP contribution in [-0.2, 0) is 4.79 Å². The quantitative estimate of drug-likeness (QED) is 0.872. The molecule has 7 nitrogen and oxygen atoms in total. The van der Waals surface area contributed by atoms with Gasteiger partial charge < -0.3 is 11.1 Å². The number of hydrogen-bond donors (Lipinski definition) is 2. The molecule has 3 rings (SSSR count). The van der Waals surface area contributed by atoms with Crippen molar-refractivity contribution < 1.29 is 4.79 Å². The lowest BCUT2D eigenvalue weighted by Crippen LogP contribution is -2.34. The van der Waals surface area contributed by atoms with E-state index < -0.39 is 0 Å². The Kier molecular flexibility index (Phi) is 4.32. The van der Waals surface area contributed by atoms with Crippen molar-refractivity contribution in [3.8, 4) is 5.69 Å². The summed E-state index contributed by atoms with van der Waals surface area (Å²) >= 11 is 6.29. The molecule has 1 aliphatic rings. The number of carbonyl (C=O) groups is 1. The highest BCUT2D eigenvalue weighted by Gasteiger charge is 2.30. The van der Waals surface area contributed by atoms with Crippen molar-refractivity contribution >= 4 is 23.2 Å². The second-order valence-corrected chi connectivity index (χ2v) is 6.43. The summed E-state index contributed by atoms with van der Waals surface area (Å²) in [6, 6.07) is 5.03. The maximum atomic E-state index is 12.2. The fraction of sp³-hybridized carbons (Fsp3) is 0.467. The number of benzene rings is 1. The van der Waals surface area contributed by atoms with E-state index in [-0.39, 0.29) is 17.9 Å². The van der Waals surface area contributed by atoms with Gasteiger partial charge in [0.05, 0.1) is 16.6 Å². The first-order chi connectivity index (χ1) is 11.0. The smallest absolute Gasteiger partial charge is 0.228 e. The Morgan fingerprint density at radius 3 is 2.83 bits per heavy atom. The topological polar surface area (TPSA) is 98.7 Å². The highest BCUT2D eigenvalue weighted by Crippen LogP contribution is 2.39. The van der Waals surface area contributed by atoms with Crippen LogP contribution in [0, 0.1) is 5.92 Å². The number of nitrogens with two attached hydrogens (primary N) is 1. The molecule has 3 N–H and O–H groups in total. The number of halogens is 1. The van der Waals surface area contributed by atoms with Gasteiger partial charge in [0.25, 0.3) is 0 Å². The number of nitrogens with one attached hydrogen (secondary N) is 1. The largest absolute Gasteiger partial charge is 0.327 e. The number of carbonyl (C=O) groups excluding carboxylic acids is 1. The molecule has 8 heteroatoms. The molecular weight excluding hydrogens is 316 g/mol. The number of nitrogens with zero attached hydrogens (tertiary/aromatic N) is 4. The minimum Gasteiger partial charge on any atom is -0.327 e. The van der Waals surface area contributed by atoms with Crippen molar-refractivity contribution in [3.63, 3.8) is 0 Å². The van der Waals surface area contributed by atoms with E-state index in [4.69, 9.17) is 17.3 Å². The monoisotopic (exact) mass is 334 g/mol. The normalized spacial score (nSPS) is 16.9. The first-order valence-electron chi connectivity index (χ1n) is 7.62. The number of hydrogen-bond acceptors (Lipinski definition) is 5. The van der Waals surface area contributed by atoms with E-state index in [1.165, 1.54) is 0 Å². The Bertz CT molecular complexity index is 725. The van der Waals surface area contributed by atoms with Gasteiger partial charge in [0, 0.05) is 17.6 Å². The number of amides is 1. The van der Waals surface area contributed by atoms with Gasteiger partial charge >= 0.3 is 0 Å². The first kappa shape index (κ1) is 15.9. The van der Waals surface area contributed by atoms with E-state index in [0.29, 0.717) is 22.3 Å². The van der Waals surface area contributed by atoms with Gasteiger partial charge in [-0.2, -0.15) is 4.68 Å². The van der Waals surface area contributed by atoms with Gasteiger partial charge in [0.15, 0.2) is 5.82 Å². The Morgan fingerprint density at radius 2 is 2.17 bits per heavy atom. The Morgan fingerprint density at radius 1 is 1.43 bits per heavy atom. The lowest BCUT2D eigenvalue weighted by molar-refractivity contribution is -0.119. The van der Waals surface area contributed by atoms with Gasteiger partial charge in [-0.25, -0.2) is 0 Å². The van der Waals surface area contributed by atoms with Crippen LogP contribution < -0.4 is 11.1 Å². The minimum atomic E-state index is -0.288. The lowest BCUT2D eigenvalue weighted by atomic mass is 10.0. The molecule has 1 aromatic carbocycles. The molecular formula is C15H19ClN6O. The molecule has 0 saturated heterocycles. The van der Waals surface area contributed by atoms with Gasteiger partial charge in [0.1, 0.15) is 0 Å². The maximum absolute atomic E-state index is 12.2. The van der Waals surface area contributed by atoms with Crippen LogP contribution in [-0.4, -0.2) is 32.2 Å². The van der Waals surface area contributed by atoms with Gasteiger partial charge in [-0.1, -0.05) is 18.5 Å². The molecule has 0 spiro atoms. The second-order valence-electron chi connectivity index (χ2n) is 6.03. The molecule has 2 atom stereocenters. The highest BCUT2D eigenvalue weighted by molar-refractivity contribution is 6.32. The molecule has 1 amide bonds. The fourth-order valence-electron chi connectivity index (χ4n) is 2.21. The number of anilines is 1. The van der Waals surface area contributed by atoms with Crippen LogP contribution in [0.5, 0.6) is 0 Å². The molecule has 2 unspecified atom stereocenters. The van der Waals surface area contributed by atoms with Crippen molar-refractivity contribution in [3.05, 3.63) is 29.0 Å². The van der Waals surface area contributed by atoms with Crippen LogP contribution in [0.2, 0.25) is 5.02 Å². The molecule has 1 aliphatic carbocycles. The van der Waals surface area contributed by atoms with Gasteiger partial charge in [0.2, 0.25) is 5.91 Å². The molecule has 122 valence electrons. The highest BCUT2D eigenvalue weighted by atomic mass is 35.5. The van der Waals surface area contributed by atoms with E-state index >= 15 is 0 Å². The number of tetrazole rings is 1. The molecule has 2 aromatic rings. The summed E-state index contributed by atoms with van der Waals surface area (Å²) in [6.07, 6.45) is 2.17. The van der Waals surface area contributed by atoms with Crippen molar-refractivity contribution in [2.45, 2.75) is 38.6 Å². The Labute approximate surface area is 139 Å². The van der Waals surface area contributed by atoms with E-state index in [1.807, 2.05) is 0 Å². The van der Waals surface area contributed by atoms with Gasteiger partial charge in [-0.3, -0.25) is 4.79 Å². The van der Waals surface area contributed by atoms with E-state index in [0.717, 1.165) is 18.7 Å². The van der Waals surface area contributed by atoms with Gasteiger partial charge in [-0.05, 0) is 48.4 Å². The van der Waals surface area contributed by atoms with Crippen LogP contribution in [0.25, 0.3) is 5.69 Å². The van der Waals surface area contributed by atoms with Crippen LogP contribution in [0.3, 0.4) is 0 Å². The summed E-state index contributed by atoms with van der Waals surface area (Å²) in [5, 5.41) is 15.2. The predicted molar refractivity (Wildman–Crippen MR) is 87.6 cm³/mol. The second kappa shape index (κ2) is 6.25. The fourth-order valence-corrected chi connectivity index (χ4v) is 2.41. The lowest BCUT2D eigenvalue weighted by Gasteiger charge is -2.16. The summed E-state index contributed by atoms with van der Waals surface area (Å²) in [5.41, 5.74) is 7.06. The average molecular weight is 335 g/mol. The van der Waals surface area contributed by atoms with Crippen molar-refractivity contribution in [1.29, 1.82) is 0 Å². The number of aromatic nitrogens is 4.